The van der Waals surface area contributed by atoms with Crippen molar-refractivity contribution in [3.05, 3.63) is 29.8 Å². The zero-order valence-electron chi connectivity index (χ0n) is 12.5. The van der Waals surface area contributed by atoms with E-state index in [4.69, 9.17) is 0 Å². The minimum absolute atomic E-state index is 0.0434. The summed E-state index contributed by atoms with van der Waals surface area (Å²) >= 11 is 0. The molecule has 6 heteroatoms. The molecule has 2 rings (SSSR count). The maximum absolute atomic E-state index is 12.3. The highest BCUT2D eigenvalue weighted by atomic mass is 32.2. The van der Waals surface area contributed by atoms with Gasteiger partial charge in [0.1, 0.15) is 0 Å². The van der Waals surface area contributed by atoms with Crippen LogP contribution in [0.2, 0.25) is 0 Å². The predicted octanol–water partition coefficient (Wildman–Crippen LogP) is 1.10. The summed E-state index contributed by atoms with van der Waals surface area (Å²) in [6.07, 6.45) is 3.08. The zero-order valence-corrected chi connectivity index (χ0v) is 13.3. The highest BCUT2D eigenvalue weighted by Gasteiger charge is 2.34. The Morgan fingerprint density at radius 1 is 1.33 bits per heavy atom. The first-order chi connectivity index (χ1) is 9.81. The normalized spacial score (nSPS) is 22.8. The maximum atomic E-state index is 12.3. The van der Waals surface area contributed by atoms with Gasteiger partial charge in [-0.1, -0.05) is 12.1 Å². The van der Waals surface area contributed by atoms with Crippen LogP contribution < -0.4 is 10.6 Å². The monoisotopic (exact) mass is 310 g/mol. The second kappa shape index (κ2) is 6.15. The summed E-state index contributed by atoms with van der Waals surface area (Å²) in [6, 6.07) is 6.61. The molecule has 1 atom stereocenters. The van der Waals surface area contributed by atoms with Crippen LogP contribution in [0.3, 0.4) is 0 Å². The highest BCUT2D eigenvalue weighted by molar-refractivity contribution is 7.90. The van der Waals surface area contributed by atoms with Gasteiger partial charge in [-0.3, -0.25) is 4.79 Å². The van der Waals surface area contributed by atoms with Crippen LogP contribution in [-0.4, -0.2) is 33.7 Å². The number of nitrogens with one attached hydrogen (secondary N) is 2. The van der Waals surface area contributed by atoms with Crippen molar-refractivity contribution in [2.45, 2.75) is 31.2 Å². The van der Waals surface area contributed by atoms with Crippen molar-refractivity contribution in [2.24, 2.45) is 5.41 Å². The van der Waals surface area contributed by atoms with E-state index < -0.39 is 9.84 Å². The number of carbonyl (C=O) groups is 1. The number of benzene rings is 1. The van der Waals surface area contributed by atoms with Gasteiger partial charge in [-0.05, 0) is 44.0 Å². The molecule has 0 aromatic heterocycles. The van der Waals surface area contributed by atoms with E-state index in [0.29, 0.717) is 18.0 Å². The highest BCUT2D eigenvalue weighted by Crippen LogP contribution is 2.25. The van der Waals surface area contributed by atoms with Gasteiger partial charge in [-0.15, -0.1) is 0 Å². The molecule has 1 fully saturated rings. The first-order valence-corrected chi connectivity index (χ1v) is 8.98. The van der Waals surface area contributed by atoms with Gasteiger partial charge in [0.15, 0.2) is 9.84 Å². The van der Waals surface area contributed by atoms with Crippen molar-refractivity contribution < 1.29 is 13.2 Å². The van der Waals surface area contributed by atoms with Gasteiger partial charge in [-0.2, -0.15) is 0 Å². The number of rotatable bonds is 4. The zero-order chi connectivity index (χ0) is 15.5. The third-order valence-electron chi connectivity index (χ3n) is 3.95. The molecule has 2 N–H and O–H groups in total. The van der Waals surface area contributed by atoms with Crippen LogP contribution in [0.4, 0.5) is 0 Å². The molecule has 1 saturated heterocycles. The van der Waals surface area contributed by atoms with Crippen molar-refractivity contribution in [1.29, 1.82) is 0 Å². The van der Waals surface area contributed by atoms with Gasteiger partial charge in [-0.25, -0.2) is 8.42 Å². The number of hydrogen-bond acceptors (Lipinski definition) is 4. The van der Waals surface area contributed by atoms with Gasteiger partial charge < -0.3 is 10.6 Å². The summed E-state index contributed by atoms with van der Waals surface area (Å²) in [5, 5.41) is 6.19. The molecule has 116 valence electrons. The molecule has 0 spiro atoms. The second-order valence-corrected chi connectivity index (χ2v) is 7.96. The SMILES string of the molecule is CC1(C(=O)NCc2ccc(S(C)(=O)=O)cc2)CCCNC1. The Labute approximate surface area is 126 Å². The van der Waals surface area contributed by atoms with Crippen LogP contribution in [0, 0.1) is 5.41 Å². The van der Waals surface area contributed by atoms with Crippen LogP contribution in [0.5, 0.6) is 0 Å². The van der Waals surface area contributed by atoms with Gasteiger partial charge in [0, 0.05) is 19.3 Å². The van der Waals surface area contributed by atoms with E-state index in [2.05, 4.69) is 10.6 Å². The summed E-state index contributed by atoms with van der Waals surface area (Å²) in [5.41, 5.74) is 0.536. The predicted molar refractivity (Wildman–Crippen MR) is 81.6 cm³/mol. The lowest BCUT2D eigenvalue weighted by atomic mass is 9.82. The molecule has 1 heterocycles. The Morgan fingerprint density at radius 3 is 2.52 bits per heavy atom. The van der Waals surface area contributed by atoms with Crippen LogP contribution in [0.1, 0.15) is 25.3 Å². The fraction of sp³-hybridized carbons (Fsp3) is 0.533. The van der Waals surface area contributed by atoms with E-state index in [1.54, 1.807) is 24.3 Å². The lowest BCUT2D eigenvalue weighted by molar-refractivity contribution is -0.131. The summed E-state index contributed by atoms with van der Waals surface area (Å²) in [5.74, 6) is 0.0434. The van der Waals surface area contributed by atoms with Crippen LogP contribution in [-0.2, 0) is 21.2 Å². The minimum atomic E-state index is -3.17. The van der Waals surface area contributed by atoms with Crippen LogP contribution >= 0.6 is 0 Å². The second-order valence-electron chi connectivity index (χ2n) is 5.94. The molecule has 0 radical (unpaired) electrons. The van der Waals surface area contributed by atoms with Crippen LogP contribution in [0.15, 0.2) is 29.2 Å². The van der Waals surface area contributed by atoms with E-state index in [1.807, 2.05) is 6.92 Å². The fourth-order valence-electron chi connectivity index (χ4n) is 2.50. The van der Waals surface area contributed by atoms with Gasteiger partial charge in [0.25, 0.3) is 0 Å². The Hall–Kier alpha value is -1.40. The van der Waals surface area contributed by atoms with E-state index in [1.165, 1.54) is 6.26 Å². The Morgan fingerprint density at radius 2 is 2.00 bits per heavy atom. The third-order valence-corrected chi connectivity index (χ3v) is 5.08. The molecule has 1 aliphatic rings. The Kier molecular flexibility index (Phi) is 4.68. The number of piperidine rings is 1. The van der Waals surface area contributed by atoms with Crippen LogP contribution in [0.25, 0.3) is 0 Å². The molecule has 1 unspecified atom stereocenters. The first kappa shape index (κ1) is 16.0. The average Bonchev–Trinajstić information content (AvgIpc) is 2.45. The molecule has 1 amide bonds. The minimum Gasteiger partial charge on any atom is -0.352 e. The van der Waals surface area contributed by atoms with Crippen molar-refractivity contribution in [3.63, 3.8) is 0 Å². The summed E-state index contributed by atoms with van der Waals surface area (Å²) < 4.78 is 22.8. The lowest BCUT2D eigenvalue weighted by Gasteiger charge is -2.32. The smallest absolute Gasteiger partial charge is 0.227 e. The van der Waals surface area contributed by atoms with E-state index in [9.17, 15) is 13.2 Å². The van der Waals surface area contributed by atoms with Crippen molar-refractivity contribution in [1.82, 2.24) is 10.6 Å². The van der Waals surface area contributed by atoms with Crippen molar-refractivity contribution >= 4 is 15.7 Å². The first-order valence-electron chi connectivity index (χ1n) is 7.09. The number of hydrogen-bond donors (Lipinski definition) is 2. The molecular formula is C15H22N2O3S. The molecule has 21 heavy (non-hydrogen) atoms. The molecule has 0 saturated carbocycles. The molecule has 0 aliphatic carbocycles. The molecule has 0 bridgehead atoms. The summed E-state index contributed by atoms with van der Waals surface area (Å²) in [4.78, 5) is 12.6. The molecule has 1 aromatic rings. The van der Waals surface area contributed by atoms with E-state index in [-0.39, 0.29) is 11.3 Å². The summed E-state index contributed by atoms with van der Waals surface area (Å²) in [7, 11) is -3.17. The van der Waals surface area contributed by atoms with E-state index >= 15 is 0 Å². The van der Waals surface area contributed by atoms with Gasteiger partial charge >= 0.3 is 0 Å². The van der Waals surface area contributed by atoms with Crippen molar-refractivity contribution in [3.8, 4) is 0 Å². The number of amides is 1. The number of sulfone groups is 1. The third kappa shape index (κ3) is 4.04. The maximum Gasteiger partial charge on any atom is 0.227 e. The van der Waals surface area contributed by atoms with Crippen molar-refractivity contribution in [2.75, 3.05) is 19.3 Å². The Balaban J connectivity index is 1.95. The summed E-state index contributed by atoms with van der Waals surface area (Å²) in [6.45, 7) is 4.06. The lowest BCUT2D eigenvalue weighted by Crippen LogP contribution is -2.48. The largest absolute Gasteiger partial charge is 0.352 e. The molecule has 5 nitrogen and oxygen atoms in total. The molecule has 1 aliphatic heterocycles. The number of carbonyl (C=O) groups excluding carboxylic acids is 1. The fourth-order valence-corrected chi connectivity index (χ4v) is 3.13. The topological polar surface area (TPSA) is 75.3 Å². The van der Waals surface area contributed by atoms with E-state index in [0.717, 1.165) is 24.9 Å². The quantitative estimate of drug-likeness (QED) is 0.873. The Bertz CT molecular complexity index is 602. The molecular weight excluding hydrogens is 288 g/mol. The van der Waals surface area contributed by atoms with Gasteiger partial charge in [0.2, 0.25) is 5.91 Å². The molecule has 1 aromatic carbocycles. The standard InChI is InChI=1S/C15H22N2O3S/c1-15(8-3-9-16-11-15)14(18)17-10-12-4-6-13(7-5-12)21(2,19)20/h4-7,16H,3,8-11H2,1-2H3,(H,17,18). The average molecular weight is 310 g/mol. The van der Waals surface area contributed by atoms with Gasteiger partial charge in [0.05, 0.1) is 10.3 Å².